The maximum Gasteiger partial charge on any atom is 0.339 e. The van der Waals surface area contributed by atoms with Gasteiger partial charge in [0.05, 0.1) is 27.9 Å². The highest BCUT2D eigenvalue weighted by atomic mass is 35.5. The van der Waals surface area contributed by atoms with Crippen LogP contribution in [0.4, 0.5) is 16.3 Å². The summed E-state index contributed by atoms with van der Waals surface area (Å²) in [6.45, 7) is 4.07. The molecule has 0 saturated carbocycles. The fraction of sp³-hybridized carbons (Fsp3) is 0.316. The molecule has 0 atom stereocenters. The highest BCUT2D eigenvalue weighted by Crippen LogP contribution is 2.27. The van der Waals surface area contributed by atoms with Crippen LogP contribution in [0.15, 0.2) is 30.5 Å². The SMILES string of the molecule is CCOC(=O)c1cnc(N2CCN(C(=O)Nc3ccc(Cl)cc3Cl)CC2)c(Cl)c1. The number of urea groups is 1. The zero-order valence-electron chi connectivity index (χ0n) is 15.6. The maximum absolute atomic E-state index is 12.5. The molecule has 0 spiro atoms. The lowest BCUT2D eigenvalue weighted by Crippen LogP contribution is -2.50. The normalized spacial score (nSPS) is 13.9. The van der Waals surface area contributed by atoms with Crippen LogP contribution in [0.2, 0.25) is 15.1 Å². The van der Waals surface area contributed by atoms with Crippen molar-refractivity contribution >= 4 is 58.3 Å². The molecule has 0 radical (unpaired) electrons. The van der Waals surface area contributed by atoms with Crippen molar-refractivity contribution in [3.05, 3.63) is 51.1 Å². The number of nitrogens with zero attached hydrogens (tertiary/aromatic N) is 3. The average Bonchev–Trinajstić information content (AvgIpc) is 2.70. The summed E-state index contributed by atoms with van der Waals surface area (Å²) in [4.78, 5) is 32.3. The lowest BCUT2D eigenvalue weighted by atomic mass is 10.2. The Hall–Kier alpha value is -2.22. The third-order valence-electron chi connectivity index (χ3n) is 4.37. The molecule has 1 aromatic carbocycles. The second kappa shape index (κ2) is 9.52. The zero-order chi connectivity index (χ0) is 21.0. The molecule has 0 bridgehead atoms. The van der Waals surface area contributed by atoms with Crippen molar-refractivity contribution in [3.8, 4) is 0 Å². The van der Waals surface area contributed by atoms with Crippen molar-refractivity contribution in [2.75, 3.05) is 43.0 Å². The van der Waals surface area contributed by atoms with Gasteiger partial charge in [0.2, 0.25) is 0 Å². The fourth-order valence-corrected chi connectivity index (χ4v) is 3.64. The molecule has 1 aliphatic rings. The van der Waals surface area contributed by atoms with Gasteiger partial charge in [-0.05, 0) is 31.2 Å². The van der Waals surface area contributed by atoms with E-state index in [-0.39, 0.29) is 12.6 Å². The van der Waals surface area contributed by atoms with Gasteiger partial charge in [0.25, 0.3) is 0 Å². The van der Waals surface area contributed by atoms with Crippen LogP contribution in [0.3, 0.4) is 0 Å². The highest BCUT2D eigenvalue weighted by molar-refractivity contribution is 6.36. The Morgan fingerprint density at radius 1 is 1.10 bits per heavy atom. The quantitative estimate of drug-likeness (QED) is 0.681. The molecule has 1 aromatic heterocycles. The fourth-order valence-electron chi connectivity index (χ4n) is 2.90. The predicted octanol–water partition coefficient (Wildman–Crippen LogP) is 4.57. The van der Waals surface area contributed by atoms with Crippen LogP contribution in [0.25, 0.3) is 0 Å². The molecule has 0 unspecified atom stereocenters. The van der Waals surface area contributed by atoms with Gasteiger partial charge in [0.15, 0.2) is 0 Å². The standard InChI is InChI=1S/C19H19Cl3N4O3/c1-2-29-18(27)12-9-15(22)17(23-11-12)25-5-7-26(8-6-25)19(28)24-16-4-3-13(20)10-14(16)21/h3-4,9-11H,2,5-8H2,1H3,(H,24,28). The number of hydrogen-bond donors (Lipinski definition) is 1. The second-order valence-electron chi connectivity index (χ2n) is 6.28. The lowest BCUT2D eigenvalue weighted by Gasteiger charge is -2.35. The summed E-state index contributed by atoms with van der Waals surface area (Å²) in [5.74, 6) is 0.108. The Morgan fingerprint density at radius 2 is 1.83 bits per heavy atom. The highest BCUT2D eigenvalue weighted by Gasteiger charge is 2.24. The van der Waals surface area contributed by atoms with Crippen LogP contribution in [0.1, 0.15) is 17.3 Å². The first-order valence-corrected chi connectivity index (χ1v) is 10.1. The number of benzene rings is 1. The van der Waals surface area contributed by atoms with Gasteiger partial charge in [-0.15, -0.1) is 0 Å². The second-order valence-corrected chi connectivity index (χ2v) is 7.53. The van der Waals surface area contributed by atoms with Crippen LogP contribution in [0.5, 0.6) is 0 Å². The maximum atomic E-state index is 12.5. The molecular weight excluding hydrogens is 439 g/mol. The first-order chi connectivity index (χ1) is 13.9. The molecule has 1 saturated heterocycles. The van der Waals surface area contributed by atoms with Gasteiger partial charge < -0.3 is 19.9 Å². The smallest absolute Gasteiger partial charge is 0.339 e. The average molecular weight is 458 g/mol. The van der Waals surface area contributed by atoms with Crippen LogP contribution >= 0.6 is 34.8 Å². The van der Waals surface area contributed by atoms with E-state index < -0.39 is 5.97 Å². The van der Waals surface area contributed by atoms with Crippen molar-refractivity contribution in [1.82, 2.24) is 9.88 Å². The minimum Gasteiger partial charge on any atom is -0.462 e. The topological polar surface area (TPSA) is 74.8 Å². The summed E-state index contributed by atoms with van der Waals surface area (Å²) in [6, 6.07) is 6.20. The molecule has 0 aliphatic carbocycles. The number of carbonyl (C=O) groups excluding carboxylic acids is 2. The van der Waals surface area contributed by atoms with Gasteiger partial charge in [-0.3, -0.25) is 0 Å². The van der Waals surface area contributed by atoms with E-state index in [4.69, 9.17) is 39.5 Å². The number of halogens is 3. The molecule has 2 heterocycles. The molecule has 7 nitrogen and oxygen atoms in total. The lowest BCUT2D eigenvalue weighted by molar-refractivity contribution is 0.0526. The number of rotatable bonds is 4. The summed E-state index contributed by atoms with van der Waals surface area (Å²) in [6.07, 6.45) is 1.45. The Kier molecular flexibility index (Phi) is 7.05. The summed E-state index contributed by atoms with van der Waals surface area (Å²) in [7, 11) is 0. The minimum absolute atomic E-state index is 0.245. The molecule has 10 heteroatoms. The Morgan fingerprint density at radius 3 is 2.45 bits per heavy atom. The van der Waals surface area contributed by atoms with E-state index in [2.05, 4.69) is 10.3 Å². The number of hydrogen-bond acceptors (Lipinski definition) is 5. The van der Waals surface area contributed by atoms with Crippen molar-refractivity contribution in [2.24, 2.45) is 0 Å². The monoisotopic (exact) mass is 456 g/mol. The van der Waals surface area contributed by atoms with Gasteiger partial charge in [-0.1, -0.05) is 34.8 Å². The number of anilines is 2. The number of ether oxygens (including phenoxy) is 1. The van der Waals surface area contributed by atoms with Crippen molar-refractivity contribution in [1.29, 1.82) is 0 Å². The Labute approximate surface area is 183 Å². The van der Waals surface area contributed by atoms with E-state index in [1.54, 1.807) is 36.1 Å². The molecule has 1 N–H and O–H groups in total. The van der Waals surface area contributed by atoms with E-state index in [1.807, 2.05) is 4.90 Å². The first kappa shape index (κ1) is 21.5. The number of aromatic nitrogens is 1. The van der Waals surface area contributed by atoms with Crippen molar-refractivity contribution in [2.45, 2.75) is 6.92 Å². The van der Waals surface area contributed by atoms with Gasteiger partial charge in [-0.2, -0.15) is 0 Å². The summed E-state index contributed by atoms with van der Waals surface area (Å²) in [5, 5.41) is 4.03. The molecule has 2 aromatic rings. The van der Waals surface area contributed by atoms with Crippen molar-refractivity contribution < 1.29 is 14.3 Å². The third kappa shape index (κ3) is 5.23. The Bertz CT molecular complexity index is 918. The number of pyridine rings is 1. The molecule has 3 rings (SSSR count). The first-order valence-electron chi connectivity index (χ1n) is 8.97. The predicted molar refractivity (Wildman–Crippen MR) is 114 cm³/mol. The van der Waals surface area contributed by atoms with E-state index in [0.29, 0.717) is 58.3 Å². The van der Waals surface area contributed by atoms with E-state index in [9.17, 15) is 9.59 Å². The largest absolute Gasteiger partial charge is 0.462 e. The van der Waals surface area contributed by atoms with Gasteiger partial charge in [0, 0.05) is 37.4 Å². The van der Waals surface area contributed by atoms with Crippen LogP contribution in [-0.2, 0) is 4.74 Å². The number of esters is 1. The molecule has 1 fully saturated rings. The van der Waals surface area contributed by atoms with Crippen LogP contribution in [-0.4, -0.2) is 54.7 Å². The number of amides is 2. The van der Waals surface area contributed by atoms with E-state index in [1.165, 1.54) is 6.20 Å². The molecule has 1 aliphatic heterocycles. The molecular formula is C19H19Cl3N4O3. The van der Waals surface area contributed by atoms with Crippen molar-refractivity contribution in [3.63, 3.8) is 0 Å². The van der Waals surface area contributed by atoms with Gasteiger partial charge in [0.1, 0.15) is 5.82 Å². The Balaban J connectivity index is 1.60. The molecule has 154 valence electrons. The number of piperazine rings is 1. The number of carbonyl (C=O) groups is 2. The summed E-state index contributed by atoms with van der Waals surface area (Å²) < 4.78 is 4.95. The van der Waals surface area contributed by atoms with Crippen LogP contribution in [0, 0.1) is 0 Å². The summed E-state index contributed by atoms with van der Waals surface area (Å²) in [5.41, 5.74) is 0.807. The molecule has 29 heavy (non-hydrogen) atoms. The summed E-state index contributed by atoms with van der Waals surface area (Å²) >= 11 is 18.3. The minimum atomic E-state index is -0.462. The van der Waals surface area contributed by atoms with E-state index >= 15 is 0 Å². The van der Waals surface area contributed by atoms with Gasteiger partial charge >= 0.3 is 12.0 Å². The van der Waals surface area contributed by atoms with Gasteiger partial charge in [-0.25, -0.2) is 14.6 Å². The zero-order valence-corrected chi connectivity index (χ0v) is 17.9. The molecule has 2 amide bonds. The van der Waals surface area contributed by atoms with Crippen LogP contribution < -0.4 is 10.2 Å². The van der Waals surface area contributed by atoms with E-state index in [0.717, 1.165) is 0 Å². The number of nitrogens with one attached hydrogen (secondary N) is 1. The third-order valence-corrected chi connectivity index (χ3v) is 5.20.